The van der Waals surface area contributed by atoms with E-state index < -0.39 is 11.6 Å². The van der Waals surface area contributed by atoms with Crippen molar-refractivity contribution in [3.8, 4) is 0 Å². The van der Waals surface area contributed by atoms with Gasteiger partial charge in [0.15, 0.2) is 0 Å². The van der Waals surface area contributed by atoms with Gasteiger partial charge in [-0.2, -0.15) is 0 Å². The van der Waals surface area contributed by atoms with E-state index >= 15 is 0 Å². The third-order valence-electron chi connectivity index (χ3n) is 3.13. The SMILES string of the molecule is CNC(Cc1cc(F)ccc1F)c1c(Cl)cccc1Cl. The van der Waals surface area contributed by atoms with Crippen LogP contribution in [0, 0.1) is 11.6 Å². The molecule has 1 unspecified atom stereocenters. The van der Waals surface area contributed by atoms with Crippen LogP contribution in [0.25, 0.3) is 0 Å². The molecule has 2 aromatic rings. The molecule has 0 aliphatic heterocycles. The highest BCUT2D eigenvalue weighted by atomic mass is 35.5. The minimum absolute atomic E-state index is 0.254. The molecule has 20 heavy (non-hydrogen) atoms. The van der Waals surface area contributed by atoms with E-state index in [0.717, 1.165) is 12.1 Å². The molecule has 0 aliphatic carbocycles. The molecule has 2 aromatic carbocycles. The zero-order valence-corrected chi connectivity index (χ0v) is 12.3. The van der Waals surface area contributed by atoms with E-state index in [1.807, 2.05) is 0 Å². The average molecular weight is 316 g/mol. The fraction of sp³-hybridized carbons (Fsp3) is 0.200. The van der Waals surface area contributed by atoms with Gasteiger partial charge in [-0.3, -0.25) is 0 Å². The van der Waals surface area contributed by atoms with Gasteiger partial charge in [0, 0.05) is 21.7 Å². The van der Waals surface area contributed by atoms with Crippen molar-refractivity contribution in [1.82, 2.24) is 5.32 Å². The Hall–Kier alpha value is -1.16. The number of rotatable bonds is 4. The third kappa shape index (κ3) is 3.29. The van der Waals surface area contributed by atoms with Crippen molar-refractivity contribution >= 4 is 23.2 Å². The maximum atomic E-state index is 13.7. The zero-order chi connectivity index (χ0) is 14.7. The van der Waals surface area contributed by atoms with E-state index in [2.05, 4.69) is 5.32 Å². The molecule has 0 spiro atoms. The molecule has 0 fully saturated rings. The van der Waals surface area contributed by atoms with Crippen LogP contribution in [-0.2, 0) is 6.42 Å². The van der Waals surface area contributed by atoms with E-state index in [1.165, 1.54) is 6.07 Å². The molecule has 0 saturated heterocycles. The molecular weight excluding hydrogens is 303 g/mol. The molecule has 0 aromatic heterocycles. The summed E-state index contributed by atoms with van der Waals surface area (Å²) in [5.41, 5.74) is 0.960. The first-order chi connectivity index (χ1) is 9.52. The Labute approximate surface area is 126 Å². The minimum atomic E-state index is -0.471. The first-order valence-corrected chi connectivity index (χ1v) is 6.83. The van der Waals surface area contributed by atoms with Crippen LogP contribution in [0.15, 0.2) is 36.4 Å². The lowest BCUT2D eigenvalue weighted by molar-refractivity contribution is 0.544. The second-order valence-electron chi connectivity index (χ2n) is 4.42. The van der Waals surface area contributed by atoms with Gasteiger partial charge in [-0.05, 0) is 49.4 Å². The van der Waals surface area contributed by atoms with E-state index in [9.17, 15) is 8.78 Å². The molecule has 0 radical (unpaired) electrons. The Balaban J connectivity index is 2.36. The number of hydrogen-bond acceptors (Lipinski definition) is 1. The second-order valence-corrected chi connectivity index (χ2v) is 5.23. The summed E-state index contributed by atoms with van der Waals surface area (Å²) < 4.78 is 26.9. The molecule has 0 saturated carbocycles. The Morgan fingerprint density at radius 1 is 1.10 bits per heavy atom. The quantitative estimate of drug-likeness (QED) is 0.856. The first-order valence-electron chi connectivity index (χ1n) is 6.08. The Morgan fingerprint density at radius 3 is 2.35 bits per heavy atom. The largest absolute Gasteiger partial charge is 0.313 e. The van der Waals surface area contributed by atoms with Crippen molar-refractivity contribution in [2.24, 2.45) is 0 Å². The zero-order valence-electron chi connectivity index (χ0n) is 10.8. The summed E-state index contributed by atoms with van der Waals surface area (Å²) in [4.78, 5) is 0. The number of likely N-dealkylation sites (N-methyl/N-ethyl adjacent to an activating group) is 1. The summed E-state index contributed by atoms with van der Waals surface area (Å²) in [5.74, 6) is -0.920. The Bertz CT molecular complexity index is 597. The van der Waals surface area contributed by atoms with Gasteiger partial charge in [0.25, 0.3) is 0 Å². The number of benzene rings is 2. The van der Waals surface area contributed by atoms with Crippen LogP contribution in [-0.4, -0.2) is 7.05 Å². The summed E-state index contributed by atoms with van der Waals surface area (Å²) in [7, 11) is 1.72. The van der Waals surface area contributed by atoms with Gasteiger partial charge in [0.1, 0.15) is 11.6 Å². The lowest BCUT2D eigenvalue weighted by Crippen LogP contribution is -2.20. The fourth-order valence-electron chi connectivity index (χ4n) is 2.11. The number of halogens is 4. The van der Waals surface area contributed by atoms with Crippen LogP contribution in [0.1, 0.15) is 17.2 Å². The van der Waals surface area contributed by atoms with Gasteiger partial charge in [-0.1, -0.05) is 29.3 Å². The van der Waals surface area contributed by atoms with E-state index in [-0.39, 0.29) is 18.0 Å². The second kappa shape index (κ2) is 6.53. The van der Waals surface area contributed by atoms with Crippen molar-refractivity contribution in [3.05, 3.63) is 69.2 Å². The minimum Gasteiger partial charge on any atom is -0.313 e. The predicted octanol–water partition coefficient (Wildman–Crippen LogP) is 4.77. The first kappa shape index (κ1) is 15.2. The molecule has 1 nitrogen and oxygen atoms in total. The molecule has 0 bridgehead atoms. The van der Waals surface area contributed by atoms with Crippen LogP contribution in [0.2, 0.25) is 10.0 Å². The maximum absolute atomic E-state index is 13.7. The lowest BCUT2D eigenvalue weighted by Gasteiger charge is -2.20. The highest BCUT2D eigenvalue weighted by Gasteiger charge is 2.18. The van der Waals surface area contributed by atoms with Gasteiger partial charge in [0.2, 0.25) is 0 Å². The van der Waals surface area contributed by atoms with E-state index in [4.69, 9.17) is 23.2 Å². The summed E-state index contributed by atoms with van der Waals surface area (Å²) >= 11 is 12.3. The molecule has 1 atom stereocenters. The van der Waals surface area contributed by atoms with Crippen molar-refractivity contribution in [2.45, 2.75) is 12.5 Å². The van der Waals surface area contributed by atoms with E-state index in [0.29, 0.717) is 15.6 Å². The maximum Gasteiger partial charge on any atom is 0.126 e. The van der Waals surface area contributed by atoms with Gasteiger partial charge >= 0.3 is 0 Å². The highest BCUT2D eigenvalue weighted by Crippen LogP contribution is 2.32. The molecule has 5 heteroatoms. The van der Waals surface area contributed by atoms with Crippen molar-refractivity contribution in [1.29, 1.82) is 0 Å². The number of nitrogens with one attached hydrogen (secondary N) is 1. The molecule has 2 rings (SSSR count). The standard InChI is InChI=1S/C15H13Cl2F2N/c1-20-14(15-11(16)3-2-4-12(15)17)8-9-7-10(18)5-6-13(9)19/h2-7,14,20H,8H2,1H3. The van der Waals surface area contributed by atoms with Gasteiger partial charge < -0.3 is 5.32 Å². The van der Waals surface area contributed by atoms with E-state index in [1.54, 1.807) is 25.2 Å². The van der Waals surface area contributed by atoms with Crippen LogP contribution in [0.4, 0.5) is 8.78 Å². The smallest absolute Gasteiger partial charge is 0.126 e. The summed E-state index contributed by atoms with van der Waals surface area (Å²) in [6.07, 6.45) is 0.254. The molecule has 106 valence electrons. The third-order valence-corrected chi connectivity index (χ3v) is 3.79. The molecule has 0 aliphatic rings. The molecule has 0 amide bonds. The van der Waals surface area contributed by atoms with Gasteiger partial charge in [-0.25, -0.2) is 8.78 Å². The Kier molecular flexibility index (Phi) is 4.97. The number of hydrogen-bond donors (Lipinski definition) is 1. The Morgan fingerprint density at radius 2 is 1.75 bits per heavy atom. The monoisotopic (exact) mass is 315 g/mol. The topological polar surface area (TPSA) is 12.0 Å². The highest BCUT2D eigenvalue weighted by molar-refractivity contribution is 6.36. The van der Waals surface area contributed by atoms with Crippen LogP contribution < -0.4 is 5.32 Å². The predicted molar refractivity (Wildman–Crippen MR) is 78.3 cm³/mol. The van der Waals surface area contributed by atoms with Gasteiger partial charge in [-0.15, -0.1) is 0 Å². The normalized spacial score (nSPS) is 12.4. The summed E-state index contributed by atoms with van der Waals surface area (Å²) in [5, 5.41) is 4.03. The molecular formula is C15H13Cl2F2N. The van der Waals surface area contributed by atoms with Crippen molar-refractivity contribution in [2.75, 3.05) is 7.05 Å². The molecule has 0 heterocycles. The average Bonchev–Trinajstić information content (AvgIpc) is 2.41. The summed E-state index contributed by atoms with van der Waals surface area (Å²) in [6, 6.07) is 8.27. The van der Waals surface area contributed by atoms with Crippen LogP contribution >= 0.6 is 23.2 Å². The van der Waals surface area contributed by atoms with Crippen molar-refractivity contribution in [3.63, 3.8) is 0 Å². The van der Waals surface area contributed by atoms with Gasteiger partial charge in [0.05, 0.1) is 0 Å². The summed E-state index contributed by atoms with van der Waals surface area (Å²) in [6.45, 7) is 0. The van der Waals surface area contributed by atoms with Crippen LogP contribution in [0.3, 0.4) is 0 Å². The lowest BCUT2D eigenvalue weighted by atomic mass is 9.98. The van der Waals surface area contributed by atoms with Crippen molar-refractivity contribution < 1.29 is 8.78 Å². The molecule has 1 N–H and O–H groups in total. The fourth-order valence-corrected chi connectivity index (χ4v) is 2.77. The van der Waals surface area contributed by atoms with Crippen LogP contribution in [0.5, 0.6) is 0 Å².